The fraction of sp³-hybridized carbons (Fsp3) is 0.600. The van der Waals surface area contributed by atoms with Gasteiger partial charge in [-0.1, -0.05) is 38.5 Å². The molecule has 1 aliphatic heterocycles. The lowest BCUT2D eigenvalue weighted by Gasteiger charge is -2.47. The van der Waals surface area contributed by atoms with Crippen LogP contribution in [0.25, 0.3) is 6.08 Å². The summed E-state index contributed by atoms with van der Waals surface area (Å²) in [6, 6.07) is 4.85. The van der Waals surface area contributed by atoms with Crippen molar-refractivity contribution in [3.8, 4) is 11.5 Å². The molecule has 1 aromatic carbocycles. The molecule has 7 nitrogen and oxygen atoms in total. The van der Waals surface area contributed by atoms with Gasteiger partial charge in [0.15, 0.2) is 6.23 Å². The van der Waals surface area contributed by atoms with E-state index in [2.05, 4.69) is 0 Å². The summed E-state index contributed by atoms with van der Waals surface area (Å²) >= 11 is 0. The first-order chi connectivity index (χ1) is 15.5. The Morgan fingerprint density at radius 2 is 1.53 bits per heavy atom. The molecule has 1 saturated heterocycles. The van der Waals surface area contributed by atoms with Gasteiger partial charge in [-0.25, -0.2) is 4.79 Å². The van der Waals surface area contributed by atoms with Crippen molar-refractivity contribution in [2.24, 2.45) is 0 Å². The lowest BCUT2D eigenvalue weighted by molar-refractivity contribution is -0.134. The molecular weight excluding hydrogens is 408 g/mol. The quantitative estimate of drug-likeness (QED) is 0.687. The fourth-order valence-corrected chi connectivity index (χ4v) is 5.33. The molecule has 1 unspecified atom stereocenters. The molecule has 7 heteroatoms. The first-order valence-corrected chi connectivity index (χ1v) is 11.8. The molecule has 3 aliphatic rings. The normalized spacial score (nSPS) is 24.8. The number of hydrogen-bond donors (Lipinski definition) is 1. The Morgan fingerprint density at radius 1 is 0.906 bits per heavy atom. The molecule has 32 heavy (non-hydrogen) atoms. The summed E-state index contributed by atoms with van der Waals surface area (Å²) in [5.41, 5.74) is 0.890. The summed E-state index contributed by atoms with van der Waals surface area (Å²) in [6.07, 6.45) is 10.1. The van der Waals surface area contributed by atoms with Gasteiger partial charge in [0, 0.05) is 23.7 Å². The number of rotatable bonds is 5. The maximum absolute atomic E-state index is 13.6. The fourth-order valence-electron chi connectivity index (χ4n) is 5.33. The Hall–Kier alpha value is -2.54. The Balaban J connectivity index is 1.74. The average molecular weight is 443 g/mol. The highest BCUT2D eigenvalue weighted by atomic mass is 16.5. The van der Waals surface area contributed by atoms with E-state index in [1.54, 1.807) is 43.4 Å². The number of amides is 3. The molecule has 174 valence electrons. The number of benzene rings is 1. The van der Waals surface area contributed by atoms with E-state index >= 15 is 0 Å². The third kappa shape index (κ3) is 4.35. The Bertz CT molecular complexity index is 871. The number of nitrogens with zero attached hydrogens (tertiary/aromatic N) is 2. The molecule has 1 aromatic rings. The van der Waals surface area contributed by atoms with E-state index in [9.17, 15) is 14.7 Å². The van der Waals surface area contributed by atoms with Crippen molar-refractivity contribution in [2.75, 3.05) is 14.2 Å². The van der Waals surface area contributed by atoms with Crippen molar-refractivity contribution in [2.45, 2.75) is 82.5 Å². The molecule has 1 heterocycles. The van der Waals surface area contributed by atoms with Crippen LogP contribution in [0.2, 0.25) is 0 Å². The van der Waals surface area contributed by atoms with E-state index in [4.69, 9.17) is 9.47 Å². The van der Waals surface area contributed by atoms with Gasteiger partial charge in [0.05, 0.1) is 19.8 Å². The van der Waals surface area contributed by atoms with Crippen LogP contribution >= 0.6 is 0 Å². The second-order valence-corrected chi connectivity index (χ2v) is 9.03. The van der Waals surface area contributed by atoms with E-state index in [1.807, 2.05) is 0 Å². The number of methoxy groups -OCH3 is 2. The Morgan fingerprint density at radius 3 is 2.12 bits per heavy atom. The smallest absolute Gasteiger partial charge is 0.329 e. The van der Waals surface area contributed by atoms with Gasteiger partial charge in [-0.15, -0.1) is 0 Å². The lowest BCUT2D eigenvalue weighted by Crippen LogP contribution is -2.63. The van der Waals surface area contributed by atoms with Crippen molar-refractivity contribution in [3.63, 3.8) is 0 Å². The summed E-state index contributed by atoms with van der Waals surface area (Å²) in [5.74, 6) is 0.795. The lowest BCUT2D eigenvalue weighted by atomic mass is 9.90. The van der Waals surface area contributed by atoms with Gasteiger partial charge in [0.1, 0.15) is 11.5 Å². The minimum atomic E-state index is -1.26. The molecule has 0 radical (unpaired) electrons. The van der Waals surface area contributed by atoms with E-state index < -0.39 is 6.23 Å². The van der Waals surface area contributed by atoms with Gasteiger partial charge >= 0.3 is 6.03 Å². The highest BCUT2D eigenvalue weighted by Gasteiger charge is 2.47. The van der Waals surface area contributed by atoms with Crippen molar-refractivity contribution in [1.29, 1.82) is 0 Å². The molecule has 3 amide bonds. The van der Waals surface area contributed by atoms with Crippen LogP contribution in [-0.2, 0) is 4.79 Å². The topological polar surface area (TPSA) is 79.3 Å². The SMILES string of the molecule is COc1ccc(C=C2C(=O)N(C3CCCCC3)C(=O)N(C3CCCCC3)C2O)c(OC)c1. The summed E-state index contributed by atoms with van der Waals surface area (Å²) < 4.78 is 10.8. The molecular formula is C25H34N2O5. The summed E-state index contributed by atoms with van der Waals surface area (Å²) in [7, 11) is 3.14. The summed E-state index contributed by atoms with van der Waals surface area (Å²) in [5, 5.41) is 11.3. The van der Waals surface area contributed by atoms with E-state index in [1.165, 1.54) is 4.90 Å². The van der Waals surface area contributed by atoms with Crippen LogP contribution in [0.3, 0.4) is 0 Å². The zero-order chi connectivity index (χ0) is 22.7. The van der Waals surface area contributed by atoms with Crippen LogP contribution < -0.4 is 9.47 Å². The Labute approximate surface area is 190 Å². The monoisotopic (exact) mass is 442 g/mol. The number of carbonyl (C=O) groups excluding carboxylic acids is 2. The molecule has 0 bridgehead atoms. The number of aliphatic hydroxyl groups excluding tert-OH is 1. The molecule has 1 N–H and O–H groups in total. The number of aliphatic hydroxyl groups is 1. The third-order valence-corrected chi connectivity index (χ3v) is 7.09. The predicted octanol–water partition coefficient (Wildman–Crippen LogP) is 4.34. The van der Waals surface area contributed by atoms with Crippen LogP contribution in [0.5, 0.6) is 11.5 Å². The number of ether oxygens (including phenoxy) is 2. The average Bonchev–Trinajstić information content (AvgIpc) is 2.83. The number of urea groups is 1. The van der Waals surface area contributed by atoms with Crippen molar-refractivity contribution in [1.82, 2.24) is 9.80 Å². The van der Waals surface area contributed by atoms with Crippen molar-refractivity contribution < 1.29 is 24.2 Å². The van der Waals surface area contributed by atoms with Gasteiger partial charge in [0.2, 0.25) is 0 Å². The van der Waals surface area contributed by atoms with Gasteiger partial charge in [0.25, 0.3) is 5.91 Å². The first kappa shape index (κ1) is 22.6. The standard InChI is InChI=1S/C25H34N2O5/c1-31-20-14-13-17(22(16-20)32-2)15-21-23(28)26(18-9-5-3-6-10-18)25(30)27(24(21)29)19-11-7-4-8-12-19/h13-16,18-19,23,28H,3-12H2,1-2H3. The minimum Gasteiger partial charge on any atom is -0.497 e. The van der Waals surface area contributed by atoms with E-state index in [0.717, 1.165) is 64.2 Å². The number of imide groups is 1. The van der Waals surface area contributed by atoms with Crippen LogP contribution in [0.15, 0.2) is 23.8 Å². The van der Waals surface area contributed by atoms with Gasteiger partial charge in [-0.3, -0.25) is 14.6 Å². The third-order valence-electron chi connectivity index (χ3n) is 7.09. The van der Waals surface area contributed by atoms with Crippen LogP contribution in [0, 0.1) is 0 Å². The van der Waals surface area contributed by atoms with Crippen molar-refractivity contribution >= 4 is 18.0 Å². The molecule has 0 aromatic heterocycles. The second kappa shape index (κ2) is 9.94. The zero-order valence-corrected chi connectivity index (χ0v) is 19.1. The summed E-state index contributed by atoms with van der Waals surface area (Å²) in [4.78, 5) is 30.1. The highest BCUT2D eigenvalue weighted by molar-refractivity contribution is 6.10. The maximum atomic E-state index is 13.6. The second-order valence-electron chi connectivity index (χ2n) is 9.03. The van der Waals surface area contributed by atoms with Crippen LogP contribution in [-0.4, -0.2) is 59.4 Å². The van der Waals surface area contributed by atoms with E-state index in [0.29, 0.717) is 17.1 Å². The highest BCUT2D eigenvalue weighted by Crippen LogP contribution is 2.36. The first-order valence-electron chi connectivity index (χ1n) is 11.8. The van der Waals surface area contributed by atoms with E-state index in [-0.39, 0.29) is 29.6 Å². The number of hydrogen-bond acceptors (Lipinski definition) is 5. The van der Waals surface area contributed by atoms with Crippen LogP contribution in [0.1, 0.15) is 69.8 Å². The van der Waals surface area contributed by atoms with Gasteiger partial charge in [-0.05, 0) is 43.9 Å². The van der Waals surface area contributed by atoms with Crippen molar-refractivity contribution in [3.05, 3.63) is 29.3 Å². The minimum absolute atomic E-state index is 0.0494. The zero-order valence-electron chi connectivity index (χ0n) is 19.1. The maximum Gasteiger partial charge on any atom is 0.329 e. The molecule has 1 atom stereocenters. The molecule has 2 saturated carbocycles. The van der Waals surface area contributed by atoms with Gasteiger partial charge < -0.3 is 14.6 Å². The molecule has 4 rings (SSSR count). The molecule has 2 aliphatic carbocycles. The molecule has 0 spiro atoms. The largest absolute Gasteiger partial charge is 0.497 e. The number of carbonyl (C=O) groups is 2. The van der Waals surface area contributed by atoms with Crippen LogP contribution in [0.4, 0.5) is 4.79 Å². The van der Waals surface area contributed by atoms with Gasteiger partial charge in [-0.2, -0.15) is 0 Å². The molecule has 3 fully saturated rings. The summed E-state index contributed by atoms with van der Waals surface area (Å²) in [6.45, 7) is 0. The predicted molar refractivity (Wildman–Crippen MR) is 121 cm³/mol. The Kier molecular flexibility index (Phi) is 7.04.